The summed E-state index contributed by atoms with van der Waals surface area (Å²) in [6, 6.07) is 5.31. The Morgan fingerprint density at radius 3 is 2.67 bits per heavy atom. The Bertz CT molecular complexity index is 795. The Morgan fingerprint density at radius 1 is 1.48 bits per heavy atom. The van der Waals surface area contributed by atoms with Crippen molar-refractivity contribution in [2.24, 2.45) is 11.8 Å². The lowest BCUT2D eigenvalue weighted by atomic mass is 10.3. The van der Waals surface area contributed by atoms with E-state index >= 15 is 0 Å². The van der Waals surface area contributed by atoms with Gasteiger partial charge in [-0.1, -0.05) is 13.0 Å². The molecule has 1 fully saturated rings. The minimum atomic E-state index is -3.30. The first-order chi connectivity index (χ1) is 9.79. The molecule has 0 spiro atoms. The van der Waals surface area contributed by atoms with Crippen LogP contribution in [0.4, 0.5) is 0 Å². The van der Waals surface area contributed by atoms with E-state index in [-0.39, 0.29) is 10.3 Å². The summed E-state index contributed by atoms with van der Waals surface area (Å²) < 4.78 is 26.0. The van der Waals surface area contributed by atoms with Crippen LogP contribution in [-0.2, 0) is 16.4 Å². The van der Waals surface area contributed by atoms with Crippen molar-refractivity contribution in [3.8, 4) is 0 Å². The van der Waals surface area contributed by atoms with Gasteiger partial charge in [-0.05, 0) is 37.3 Å². The number of fused-ring (bicyclic) bond motifs is 1. The van der Waals surface area contributed by atoms with Gasteiger partial charge >= 0.3 is 0 Å². The molecule has 1 aromatic heterocycles. The summed E-state index contributed by atoms with van der Waals surface area (Å²) in [4.78, 5) is 4.82. The molecule has 21 heavy (non-hydrogen) atoms. The van der Waals surface area contributed by atoms with E-state index in [9.17, 15) is 8.42 Å². The van der Waals surface area contributed by atoms with Crippen LogP contribution in [0.25, 0.3) is 11.0 Å². The fourth-order valence-corrected chi connectivity index (χ4v) is 3.82. The molecule has 2 aromatic rings. The number of aromatic nitrogens is 2. The Kier molecular flexibility index (Phi) is 3.53. The van der Waals surface area contributed by atoms with E-state index in [2.05, 4.69) is 16.5 Å². The summed E-state index contributed by atoms with van der Waals surface area (Å²) in [5.74, 6) is 2.11. The molecule has 0 aliphatic heterocycles. The minimum absolute atomic E-state index is 0.251. The highest BCUT2D eigenvalue weighted by atomic mass is 35.5. The Morgan fingerprint density at radius 2 is 2.14 bits per heavy atom. The van der Waals surface area contributed by atoms with Gasteiger partial charge in [0.2, 0.25) is 0 Å². The zero-order valence-corrected chi connectivity index (χ0v) is 13.9. The highest BCUT2D eigenvalue weighted by Gasteiger charge is 2.34. The van der Waals surface area contributed by atoms with E-state index < -0.39 is 9.84 Å². The molecular formula is C15H19ClN2O2S. The molecule has 6 heteroatoms. The van der Waals surface area contributed by atoms with Crippen molar-refractivity contribution in [2.75, 3.05) is 6.26 Å². The maximum atomic E-state index is 11.9. The lowest BCUT2D eigenvalue weighted by molar-refractivity contribution is 0.582. The number of para-hydroxylation sites is 1. The number of alkyl halides is 1. The average Bonchev–Trinajstić information content (AvgIpc) is 2.94. The molecule has 1 saturated carbocycles. The van der Waals surface area contributed by atoms with E-state index in [1.165, 1.54) is 12.7 Å². The van der Waals surface area contributed by atoms with Gasteiger partial charge in [-0.3, -0.25) is 0 Å². The van der Waals surface area contributed by atoms with Crippen LogP contribution >= 0.6 is 11.6 Å². The molecule has 3 atom stereocenters. The molecule has 114 valence electrons. The predicted octanol–water partition coefficient (Wildman–Crippen LogP) is 3.40. The number of nitrogens with zero attached hydrogens (tertiary/aromatic N) is 2. The summed E-state index contributed by atoms with van der Waals surface area (Å²) in [6.07, 6.45) is 2.43. The molecule has 1 aliphatic carbocycles. The average molecular weight is 327 g/mol. The molecule has 0 saturated heterocycles. The molecule has 4 nitrogen and oxygen atoms in total. The van der Waals surface area contributed by atoms with Gasteiger partial charge in [-0.25, -0.2) is 13.4 Å². The second kappa shape index (κ2) is 4.99. The zero-order chi connectivity index (χ0) is 15.4. The van der Waals surface area contributed by atoms with Crippen molar-refractivity contribution < 1.29 is 8.42 Å². The molecule has 3 rings (SSSR count). The molecular weight excluding hydrogens is 308 g/mol. The van der Waals surface area contributed by atoms with Gasteiger partial charge in [0.1, 0.15) is 11.3 Å². The van der Waals surface area contributed by atoms with Crippen LogP contribution in [-0.4, -0.2) is 24.2 Å². The topological polar surface area (TPSA) is 52.0 Å². The van der Waals surface area contributed by atoms with E-state index in [0.717, 1.165) is 23.8 Å². The quantitative estimate of drug-likeness (QED) is 0.809. The van der Waals surface area contributed by atoms with Crippen LogP contribution in [0, 0.1) is 11.8 Å². The highest BCUT2D eigenvalue weighted by molar-refractivity contribution is 7.91. The van der Waals surface area contributed by atoms with E-state index in [0.29, 0.717) is 11.4 Å². The predicted molar refractivity (Wildman–Crippen MR) is 84.4 cm³/mol. The second-order valence-electron chi connectivity index (χ2n) is 6.07. The fourth-order valence-electron chi connectivity index (χ4n) is 2.82. The van der Waals surface area contributed by atoms with Crippen LogP contribution in [0.1, 0.15) is 31.5 Å². The van der Waals surface area contributed by atoms with Gasteiger partial charge < -0.3 is 4.57 Å². The number of sulfone groups is 1. The summed E-state index contributed by atoms with van der Waals surface area (Å²) in [5.41, 5.74) is 1.40. The molecule has 0 bridgehead atoms. The van der Waals surface area contributed by atoms with E-state index in [4.69, 9.17) is 11.6 Å². The summed E-state index contributed by atoms with van der Waals surface area (Å²) in [7, 11) is -3.30. The molecule has 1 aliphatic rings. The fraction of sp³-hybridized carbons (Fsp3) is 0.533. The molecule has 0 radical (unpaired) electrons. The Balaban J connectivity index is 2.22. The summed E-state index contributed by atoms with van der Waals surface area (Å²) >= 11 is 6.25. The number of imidazole rings is 1. The lowest BCUT2D eigenvalue weighted by Crippen LogP contribution is -2.06. The molecule has 1 heterocycles. The van der Waals surface area contributed by atoms with Gasteiger partial charge in [-0.15, -0.1) is 11.6 Å². The van der Waals surface area contributed by atoms with Crippen molar-refractivity contribution in [2.45, 2.75) is 37.1 Å². The van der Waals surface area contributed by atoms with Gasteiger partial charge in [0, 0.05) is 12.8 Å². The Hall–Kier alpha value is -1.07. The van der Waals surface area contributed by atoms with Gasteiger partial charge in [0.25, 0.3) is 0 Å². The third-order valence-corrected chi connectivity index (χ3v) is 5.54. The highest BCUT2D eigenvalue weighted by Crippen LogP contribution is 2.41. The van der Waals surface area contributed by atoms with Crippen molar-refractivity contribution in [1.29, 1.82) is 0 Å². The van der Waals surface area contributed by atoms with E-state index in [1.54, 1.807) is 12.1 Å². The smallest absolute Gasteiger partial charge is 0.177 e. The normalized spacial score (nSPS) is 23.4. The van der Waals surface area contributed by atoms with E-state index in [1.807, 2.05) is 13.0 Å². The first-order valence-electron chi connectivity index (χ1n) is 7.12. The van der Waals surface area contributed by atoms with Gasteiger partial charge in [0.05, 0.1) is 15.8 Å². The number of rotatable bonds is 4. The monoisotopic (exact) mass is 326 g/mol. The molecule has 0 N–H and O–H groups in total. The first kappa shape index (κ1) is 14.9. The largest absolute Gasteiger partial charge is 0.326 e. The maximum Gasteiger partial charge on any atom is 0.177 e. The van der Waals surface area contributed by atoms with Crippen molar-refractivity contribution in [3.63, 3.8) is 0 Å². The van der Waals surface area contributed by atoms with Crippen LogP contribution in [0.5, 0.6) is 0 Å². The van der Waals surface area contributed by atoms with Crippen LogP contribution in [0.2, 0.25) is 0 Å². The SMILES string of the molecule is CC(Cl)c1nc2c(S(C)(=O)=O)cccc2n1CC1CC1C. The molecule has 0 amide bonds. The molecule has 3 unspecified atom stereocenters. The second-order valence-corrected chi connectivity index (χ2v) is 8.70. The summed E-state index contributed by atoms with van der Waals surface area (Å²) in [5, 5.41) is -0.251. The zero-order valence-electron chi connectivity index (χ0n) is 12.4. The van der Waals surface area contributed by atoms with Crippen molar-refractivity contribution in [1.82, 2.24) is 9.55 Å². The Labute approximate surface area is 130 Å². The maximum absolute atomic E-state index is 11.9. The number of hydrogen-bond donors (Lipinski definition) is 0. The molecule has 1 aromatic carbocycles. The van der Waals surface area contributed by atoms with Gasteiger partial charge in [-0.2, -0.15) is 0 Å². The number of halogens is 1. The third kappa shape index (κ3) is 2.69. The van der Waals surface area contributed by atoms with Crippen LogP contribution in [0.3, 0.4) is 0 Å². The first-order valence-corrected chi connectivity index (χ1v) is 9.45. The third-order valence-electron chi connectivity index (χ3n) is 4.22. The minimum Gasteiger partial charge on any atom is -0.326 e. The van der Waals surface area contributed by atoms with Crippen molar-refractivity contribution in [3.05, 3.63) is 24.0 Å². The van der Waals surface area contributed by atoms with Crippen LogP contribution < -0.4 is 0 Å². The van der Waals surface area contributed by atoms with Gasteiger partial charge in [0.15, 0.2) is 9.84 Å². The number of hydrogen-bond acceptors (Lipinski definition) is 3. The van der Waals surface area contributed by atoms with Crippen molar-refractivity contribution >= 4 is 32.5 Å². The lowest BCUT2D eigenvalue weighted by Gasteiger charge is -2.10. The summed E-state index contributed by atoms with van der Waals surface area (Å²) in [6.45, 7) is 4.96. The standard InChI is InChI=1S/C15H19ClN2O2S/c1-9-7-11(9)8-18-12-5-4-6-13(21(3,19)20)14(12)17-15(18)10(2)16/h4-6,9-11H,7-8H2,1-3H3. The van der Waals surface area contributed by atoms with Crippen LogP contribution in [0.15, 0.2) is 23.1 Å². The number of benzene rings is 1.